The summed E-state index contributed by atoms with van der Waals surface area (Å²) in [5.41, 5.74) is 11.4. The van der Waals surface area contributed by atoms with Crippen LogP contribution in [0.25, 0.3) is 0 Å². The van der Waals surface area contributed by atoms with E-state index in [1.54, 1.807) is 6.07 Å². The van der Waals surface area contributed by atoms with Crippen molar-refractivity contribution in [3.05, 3.63) is 23.9 Å². The van der Waals surface area contributed by atoms with Gasteiger partial charge in [0, 0.05) is 18.6 Å². The maximum absolute atomic E-state index is 11.2. The highest BCUT2D eigenvalue weighted by Crippen LogP contribution is 2.27. The second-order valence-electron chi connectivity index (χ2n) is 4.82. The molecular weight excluding hydrogens is 228 g/mol. The molecule has 1 amide bonds. The summed E-state index contributed by atoms with van der Waals surface area (Å²) >= 11 is 0. The molecule has 1 aliphatic rings. The lowest BCUT2D eigenvalue weighted by Crippen LogP contribution is -2.49. The number of pyridine rings is 1. The van der Waals surface area contributed by atoms with Crippen LogP contribution < -0.4 is 16.4 Å². The lowest BCUT2D eigenvalue weighted by molar-refractivity contribution is 0.0995. The van der Waals surface area contributed by atoms with Crippen molar-refractivity contribution >= 4 is 11.7 Å². The Hall–Kier alpha value is -1.62. The zero-order chi connectivity index (χ0) is 13.1. The van der Waals surface area contributed by atoms with Crippen LogP contribution in [0, 0.1) is 0 Å². The fraction of sp³-hybridized carbons (Fsp3) is 0.538. The molecule has 4 N–H and O–H groups in total. The van der Waals surface area contributed by atoms with Gasteiger partial charge in [0.25, 0.3) is 5.91 Å². The van der Waals surface area contributed by atoms with Crippen LogP contribution in [0.5, 0.6) is 0 Å². The molecule has 1 aromatic rings. The van der Waals surface area contributed by atoms with Gasteiger partial charge in [-0.05, 0) is 38.3 Å². The van der Waals surface area contributed by atoms with E-state index >= 15 is 0 Å². The van der Waals surface area contributed by atoms with E-state index in [-0.39, 0.29) is 0 Å². The predicted octanol–water partition coefficient (Wildman–Crippen LogP) is 0.887. The van der Waals surface area contributed by atoms with Gasteiger partial charge in [0.1, 0.15) is 11.5 Å². The number of carbonyl (C=O) groups excluding carboxylic acids is 1. The van der Waals surface area contributed by atoms with E-state index in [4.69, 9.17) is 11.5 Å². The molecule has 5 nitrogen and oxygen atoms in total. The molecule has 2 unspecified atom stereocenters. The third-order valence-corrected chi connectivity index (χ3v) is 3.55. The topological polar surface area (TPSA) is 85.2 Å². The van der Waals surface area contributed by atoms with E-state index in [0.717, 1.165) is 18.7 Å². The highest BCUT2D eigenvalue weighted by molar-refractivity contribution is 5.91. The number of carbonyl (C=O) groups is 1. The largest absolute Gasteiger partial charge is 0.364 e. The number of primary amides is 1. The molecule has 2 atom stereocenters. The fourth-order valence-corrected chi connectivity index (χ4v) is 2.64. The summed E-state index contributed by atoms with van der Waals surface area (Å²) in [6.45, 7) is 2.77. The molecule has 2 rings (SSSR count). The smallest absolute Gasteiger partial charge is 0.267 e. The zero-order valence-electron chi connectivity index (χ0n) is 10.7. The first-order valence-electron chi connectivity index (χ1n) is 6.38. The first-order valence-corrected chi connectivity index (χ1v) is 6.38. The van der Waals surface area contributed by atoms with Gasteiger partial charge < -0.3 is 16.4 Å². The standard InChI is InChI=1S/C13H20N4O/c1-9-4-2-5-10(8-14)17(9)12-7-3-6-11(16-12)13(15)18/h3,6-7,9-10H,2,4-5,8,14H2,1H3,(H2,15,18). The Kier molecular flexibility index (Phi) is 3.81. The number of anilines is 1. The summed E-state index contributed by atoms with van der Waals surface area (Å²) in [5.74, 6) is 0.305. The Morgan fingerprint density at radius 2 is 2.28 bits per heavy atom. The van der Waals surface area contributed by atoms with Crippen molar-refractivity contribution in [2.45, 2.75) is 38.3 Å². The Morgan fingerprint density at radius 1 is 1.50 bits per heavy atom. The van der Waals surface area contributed by atoms with Crippen molar-refractivity contribution in [2.24, 2.45) is 11.5 Å². The van der Waals surface area contributed by atoms with Crippen molar-refractivity contribution in [1.82, 2.24) is 4.98 Å². The lowest BCUT2D eigenvalue weighted by atomic mass is 9.96. The number of piperidine rings is 1. The Bertz CT molecular complexity index is 435. The number of amides is 1. The number of nitrogens with zero attached hydrogens (tertiary/aromatic N) is 2. The van der Waals surface area contributed by atoms with Crippen LogP contribution in [0.2, 0.25) is 0 Å². The van der Waals surface area contributed by atoms with Crippen LogP contribution >= 0.6 is 0 Å². The Labute approximate surface area is 107 Å². The molecule has 1 aromatic heterocycles. The predicted molar refractivity (Wildman–Crippen MR) is 71.4 cm³/mol. The molecule has 18 heavy (non-hydrogen) atoms. The molecule has 1 aliphatic heterocycles. The van der Waals surface area contributed by atoms with E-state index in [1.807, 2.05) is 12.1 Å². The van der Waals surface area contributed by atoms with E-state index in [1.165, 1.54) is 6.42 Å². The van der Waals surface area contributed by atoms with Crippen molar-refractivity contribution < 1.29 is 4.79 Å². The van der Waals surface area contributed by atoms with Crippen LogP contribution in [0.4, 0.5) is 5.82 Å². The quantitative estimate of drug-likeness (QED) is 0.831. The fourth-order valence-electron chi connectivity index (χ4n) is 2.64. The molecule has 0 aliphatic carbocycles. The van der Waals surface area contributed by atoms with E-state index in [2.05, 4.69) is 16.8 Å². The molecule has 2 heterocycles. The van der Waals surface area contributed by atoms with E-state index in [0.29, 0.717) is 24.3 Å². The van der Waals surface area contributed by atoms with Crippen molar-refractivity contribution in [3.8, 4) is 0 Å². The minimum Gasteiger partial charge on any atom is -0.364 e. The van der Waals surface area contributed by atoms with Gasteiger partial charge >= 0.3 is 0 Å². The molecule has 1 saturated heterocycles. The zero-order valence-corrected chi connectivity index (χ0v) is 10.7. The molecule has 0 saturated carbocycles. The van der Waals surface area contributed by atoms with Crippen LogP contribution in [-0.4, -0.2) is 29.5 Å². The van der Waals surface area contributed by atoms with Crippen molar-refractivity contribution in [1.29, 1.82) is 0 Å². The van der Waals surface area contributed by atoms with Crippen LogP contribution in [0.3, 0.4) is 0 Å². The minimum atomic E-state index is -0.495. The summed E-state index contributed by atoms with van der Waals surface area (Å²) in [5, 5.41) is 0. The summed E-state index contributed by atoms with van der Waals surface area (Å²) in [6.07, 6.45) is 3.39. The third-order valence-electron chi connectivity index (χ3n) is 3.55. The molecule has 98 valence electrons. The molecule has 0 bridgehead atoms. The highest BCUT2D eigenvalue weighted by Gasteiger charge is 2.28. The number of rotatable bonds is 3. The van der Waals surface area contributed by atoms with Crippen molar-refractivity contribution in [2.75, 3.05) is 11.4 Å². The lowest BCUT2D eigenvalue weighted by Gasteiger charge is -2.41. The first kappa shape index (κ1) is 12.8. The summed E-state index contributed by atoms with van der Waals surface area (Å²) in [7, 11) is 0. The SMILES string of the molecule is CC1CCCC(CN)N1c1cccc(C(N)=O)n1. The van der Waals surface area contributed by atoms with Crippen molar-refractivity contribution in [3.63, 3.8) is 0 Å². The molecule has 0 radical (unpaired) electrons. The van der Waals surface area contributed by atoms with E-state index in [9.17, 15) is 4.79 Å². The van der Waals surface area contributed by atoms with Gasteiger partial charge in [-0.15, -0.1) is 0 Å². The van der Waals surface area contributed by atoms with Gasteiger partial charge in [-0.3, -0.25) is 4.79 Å². The Balaban J connectivity index is 2.32. The average molecular weight is 248 g/mol. The second-order valence-corrected chi connectivity index (χ2v) is 4.82. The van der Waals surface area contributed by atoms with Crippen LogP contribution in [0.1, 0.15) is 36.7 Å². The number of hydrogen-bond donors (Lipinski definition) is 2. The summed E-state index contributed by atoms with van der Waals surface area (Å²) < 4.78 is 0. The number of nitrogens with two attached hydrogens (primary N) is 2. The first-order chi connectivity index (χ1) is 8.63. The number of aromatic nitrogens is 1. The Morgan fingerprint density at radius 3 is 2.94 bits per heavy atom. The average Bonchev–Trinajstić information content (AvgIpc) is 2.38. The van der Waals surface area contributed by atoms with Gasteiger partial charge in [-0.2, -0.15) is 0 Å². The normalized spacial score (nSPS) is 24.0. The molecule has 1 fully saturated rings. The molecular formula is C13H20N4O. The highest BCUT2D eigenvalue weighted by atomic mass is 16.1. The summed E-state index contributed by atoms with van der Waals surface area (Å²) in [4.78, 5) is 17.7. The van der Waals surface area contributed by atoms with Crippen LogP contribution in [0.15, 0.2) is 18.2 Å². The molecule has 0 aromatic carbocycles. The second kappa shape index (κ2) is 5.35. The van der Waals surface area contributed by atoms with Gasteiger partial charge in [0.2, 0.25) is 0 Å². The third kappa shape index (κ3) is 2.46. The maximum atomic E-state index is 11.2. The number of hydrogen-bond acceptors (Lipinski definition) is 4. The monoisotopic (exact) mass is 248 g/mol. The van der Waals surface area contributed by atoms with Gasteiger partial charge in [-0.25, -0.2) is 4.98 Å². The van der Waals surface area contributed by atoms with Gasteiger partial charge in [0.05, 0.1) is 0 Å². The summed E-state index contributed by atoms with van der Waals surface area (Å²) in [6, 6.07) is 6.05. The van der Waals surface area contributed by atoms with Crippen LogP contribution in [-0.2, 0) is 0 Å². The van der Waals surface area contributed by atoms with E-state index < -0.39 is 5.91 Å². The van der Waals surface area contributed by atoms with Gasteiger partial charge in [0.15, 0.2) is 0 Å². The molecule has 0 spiro atoms. The minimum absolute atomic E-state index is 0.296. The van der Waals surface area contributed by atoms with Gasteiger partial charge in [-0.1, -0.05) is 6.07 Å². The molecule has 5 heteroatoms. The maximum Gasteiger partial charge on any atom is 0.267 e.